The Kier molecular flexibility index (Phi) is 10.4. The Labute approximate surface area is 139 Å². The van der Waals surface area contributed by atoms with Gasteiger partial charge in [0.2, 0.25) is 5.91 Å². The minimum Gasteiger partial charge on any atom is -0.273 e. The van der Waals surface area contributed by atoms with Crippen molar-refractivity contribution in [2.75, 3.05) is 0 Å². The highest BCUT2D eigenvalue weighted by molar-refractivity contribution is 6.30. The molecule has 0 bridgehead atoms. The number of nitrogens with zero attached hydrogens (tertiary/aromatic N) is 1. The van der Waals surface area contributed by atoms with Crippen molar-refractivity contribution in [3.05, 3.63) is 34.9 Å². The molecule has 0 aliphatic carbocycles. The van der Waals surface area contributed by atoms with Gasteiger partial charge in [0.1, 0.15) is 0 Å². The van der Waals surface area contributed by atoms with Crippen molar-refractivity contribution < 1.29 is 4.79 Å². The summed E-state index contributed by atoms with van der Waals surface area (Å²) in [6, 6.07) is 7.31. The zero-order chi connectivity index (χ0) is 16.0. The van der Waals surface area contributed by atoms with E-state index < -0.39 is 0 Å². The highest BCUT2D eigenvalue weighted by atomic mass is 35.5. The molecule has 0 fully saturated rings. The van der Waals surface area contributed by atoms with E-state index in [1.807, 2.05) is 12.1 Å². The third-order valence-corrected chi connectivity index (χ3v) is 3.78. The van der Waals surface area contributed by atoms with Gasteiger partial charge in [0.15, 0.2) is 0 Å². The van der Waals surface area contributed by atoms with E-state index in [1.165, 1.54) is 38.5 Å². The molecule has 4 heteroatoms. The van der Waals surface area contributed by atoms with Gasteiger partial charge in [-0.1, -0.05) is 75.6 Å². The third kappa shape index (κ3) is 9.56. The summed E-state index contributed by atoms with van der Waals surface area (Å²) in [6.07, 6.45) is 12.1. The molecule has 0 unspecified atom stereocenters. The predicted octanol–water partition coefficient (Wildman–Crippen LogP) is 5.32. The molecule has 0 saturated carbocycles. The molecule has 1 aromatic rings. The summed E-state index contributed by atoms with van der Waals surface area (Å²) in [7, 11) is 0. The summed E-state index contributed by atoms with van der Waals surface area (Å²) in [6.45, 7) is 2.23. The standard InChI is InChI=1S/C18H27ClN2O/c1-2-3-4-5-6-7-8-9-10-18(22)21-20-15-16-11-13-17(19)14-12-16/h11-15H,2-10H2,1H3,(H,21,22)/b20-15+. The zero-order valence-corrected chi connectivity index (χ0v) is 14.2. The van der Waals surface area contributed by atoms with Crippen LogP contribution in [0, 0.1) is 0 Å². The Bertz CT molecular complexity index is 443. The lowest BCUT2D eigenvalue weighted by Crippen LogP contribution is -2.16. The van der Waals surface area contributed by atoms with Crippen molar-refractivity contribution in [3.63, 3.8) is 0 Å². The molecule has 0 spiro atoms. The first-order chi connectivity index (χ1) is 10.7. The van der Waals surface area contributed by atoms with Gasteiger partial charge in [-0.2, -0.15) is 5.10 Å². The highest BCUT2D eigenvalue weighted by Crippen LogP contribution is 2.09. The largest absolute Gasteiger partial charge is 0.273 e. The molecule has 1 amide bonds. The molecule has 1 N–H and O–H groups in total. The van der Waals surface area contributed by atoms with Crippen molar-refractivity contribution in [3.8, 4) is 0 Å². The minimum atomic E-state index is -0.0174. The number of unbranched alkanes of at least 4 members (excludes halogenated alkanes) is 7. The Morgan fingerprint density at radius 1 is 1.05 bits per heavy atom. The van der Waals surface area contributed by atoms with E-state index in [4.69, 9.17) is 11.6 Å². The van der Waals surface area contributed by atoms with Crippen LogP contribution < -0.4 is 5.43 Å². The first-order valence-electron chi connectivity index (χ1n) is 8.30. The van der Waals surface area contributed by atoms with Crippen LogP contribution in [0.1, 0.15) is 70.3 Å². The summed E-state index contributed by atoms with van der Waals surface area (Å²) in [5.74, 6) is -0.0174. The molecule has 0 aliphatic heterocycles. The van der Waals surface area contributed by atoms with Crippen LogP contribution in [-0.4, -0.2) is 12.1 Å². The normalized spacial score (nSPS) is 11.0. The number of hydrogen-bond acceptors (Lipinski definition) is 2. The average Bonchev–Trinajstić information content (AvgIpc) is 2.52. The number of amides is 1. The van der Waals surface area contributed by atoms with Crippen LogP contribution in [0.15, 0.2) is 29.4 Å². The lowest BCUT2D eigenvalue weighted by molar-refractivity contribution is -0.121. The fourth-order valence-electron chi connectivity index (χ4n) is 2.20. The van der Waals surface area contributed by atoms with Gasteiger partial charge in [-0.05, 0) is 24.1 Å². The first kappa shape index (κ1) is 18.7. The van der Waals surface area contributed by atoms with E-state index in [1.54, 1.807) is 18.3 Å². The maximum absolute atomic E-state index is 11.6. The fraction of sp³-hybridized carbons (Fsp3) is 0.556. The highest BCUT2D eigenvalue weighted by Gasteiger charge is 1.99. The van der Waals surface area contributed by atoms with E-state index in [2.05, 4.69) is 17.5 Å². The smallest absolute Gasteiger partial charge is 0.240 e. The van der Waals surface area contributed by atoms with E-state index in [0.29, 0.717) is 11.4 Å². The zero-order valence-electron chi connectivity index (χ0n) is 13.5. The molecular formula is C18H27ClN2O. The quantitative estimate of drug-likeness (QED) is 0.334. The molecule has 0 radical (unpaired) electrons. The summed E-state index contributed by atoms with van der Waals surface area (Å²) in [5, 5.41) is 4.64. The van der Waals surface area contributed by atoms with Crippen LogP contribution >= 0.6 is 11.6 Å². The second-order valence-electron chi connectivity index (χ2n) is 5.57. The monoisotopic (exact) mass is 322 g/mol. The van der Waals surface area contributed by atoms with Crippen molar-refractivity contribution in [2.45, 2.75) is 64.7 Å². The molecule has 122 valence electrons. The first-order valence-corrected chi connectivity index (χ1v) is 8.67. The minimum absolute atomic E-state index is 0.0174. The second-order valence-corrected chi connectivity index (χ2v) is 6.01. The van der Waals surface area contributed by atoms with Gasteiger partial charge in [0, 0.05) is 11.4 Å². The lowest BCUT2D eigenvalue weighted by atomic mass is 10.1. The molecule has 0 heterocycles. The fourth-order valence-corrected chi connectivity index (χ4v) is 2.33. The van der Waals surface area contributed by atoms with Gasteiger partial charge in [-0.3, -0.25) is 4.79 Å². The number of carbonyl (C=O) groups is 1. The molecule has 0 aromatic heterocycles. The maximum atomic E-state index is 11.6. The number of hydrazone groups is 1. The van der Waals surface area contributed by atoms with Crippen molar-refractivity contribution in [1.29, 1.82) is 0 Å². The third-order valence-electron chi connectivity index (χ3n) is 3.53. The Morgan fingerprint density at radius 2 is 1.64 bits per heavy atom. The van der Waals surface area contributed by atoms with E-state index in [0.717, 1.165) is 18.4 Å². The molecule has 0 saturated heterocycles. The topological polar surface area (TPSA) is 41.5 Å². The van der Waals surface area contributed by atoms with Gasteiger partial charge in [0.05, 0.1) is 6.21 Å². The van der Waals surface area contributed by atoms with Crippen LogP contribution in [0.2, 0.25) is 5.02 Å². The molecule has 0 aliphatic rings. The summed E-state index contributed by atoms with van der Waals surface area (Å²) < 4.78 is 0. The number of nitrogens with one attached hydrogen (secondary N) is 1. The van der Waals surface area contributed by atoms with Crippen molar-refractivity contribution in [2.24, 2.45) is 5.10 Å². The van der Waals surface area contributed by atoms with Crippen LogP contribution in [-0.2, 0) is 4.79 Å². The lowest BCUT2D eigenvalue weighted by Gasteiger charge is -2.01. The maximum Gasteiger partial charge on any atom is 0.240 e. The average molecular weight is 323 g/mol. The molecular weight excluding hydrogens is 296 g/mol. The van der Waals surface area contributed by atoms with E-state index in [-0.39, 0.29) is 5.91 Å². The number of benzene rings is 1. The van der Waals surface area contributed by atoms with Gasteiger partial charge in [-0.25, -0.2) is 5.43 Å². The van der Waals surface area contributed by atoms with Crippen LogP contribution in [0.5, 0.6) is 0 Å². The summed E-state index contributed by atoms with van der Waals surface area (Å²) in [5.41, 5.74) is 3.48. The predicted molar refractivity (Wildman–Crippen MR) is 94.4 cm³/mol. The van der Waals surface area contributed by atoms with Crippen molar-refractivity contribution in [1.82, 2.24) is 5.43 Å². The molecule has 22 heavy (non-hydrogen) atoms. The Morgan fingerprint density at radius 3 is 2.27 bits per heavy atom. The number of carbonyl (C=O) groups excluding carboxylic acids is 1. The SMILES string of the molecule is CCCCCCCCCCC(=O)N/N=C/c1ccc(Cl)cc1. The molecule has 1 aromatic carbocycles. The Hall–Kier alpha value is -1.35. The van der Waals surface area contributed by atoms with Gasteiger partial charge >= 0.3 is 0 Å². The molecule has 1 rings (SSSR count). The van der Waals surface area contributed by atoms with Crippen LogP contribution in [0.25, 0.3) is 0 Å². The van der Waals surface area contributed by atoms with E-state index in [9.17, 15) is 4.79 Å². The number of rotatable bonds is 11. The van der Waals surface area contributed by atoms with Crippen LogP contribution in [0.4, 0.5) is 0 Å². The van der Waals surface area contributed by atoms with Crippen molar-refractivity contribution >= 4 is 23.7 Å². The second kappa shape index (κ2) is 12.2. The van der Waals surface area contributed by atoms with E-state index >= 15 is 0 Å². The number of hydrogen-bond donors (Lipinski definition) is 1. The Balaban J connectivity index is 2.02. The van der Waals surface area contributed by atoms with Gasteiger partial charge < -0.3 is 0 Å². The molecule has 3 nitrogen and oxygen atoms in total. The number of halogens is 1. The van der Waals surface area contributed by atoms with Crippen LogP contribution in [0.3, 0.4) is 0 Å². The summed E-state index contributed by atoms with van der Waals surface area (Å²) >= 11 is 5.80. The summed E-state index contributed by atoms with van der Waals surface area (Å²) in [4.78, 5) is 11.6. The van der Waals surface area contributed by atoms with Gasteiger partial charge in [-0.15, -0.1) is 0 Å². The molecule has 0 atom stereocenters. The van der Waals surface area contributed by atoms with Gasteiger partial charge in [0.25, 0.3) is 0 Å².